The fraction of sp³-hybridized carbons (Fsp3) is 0.167. The highest BCUT2D eigenvalue weighted by atomic mass is 19.1. The minimum Gasteiger partial charge on any atom is -0.481 e. The van der Waals surface area contributed by atoms with Gasteiger partial charge >= 0.3 is 5.97 Å². The molecule has 0 atom stereocenters. The van der Waals surface area contributed by atoms with Gasteiger partial charge in [-0.2, -0.15) is 0 Å². The van der Waals surface area contributed by atoms with E-state index in [1.54, 1.807) is 24.3 Å². The second-order valence-electron chi connectivity index (χ2n) is 5.29. The molecule has 2 aromatic rings. The normalized spacial score (nSPS) is 10.1. The van der Waals surface area contributed by atoms with Crippen molar-refractivity contribution >= 4 is 17.8 Å². The lowest BCUT2D eigenvalue weighted by Crippen LogP contribution is -2.26. The van der Waals surface area contributed by atoms with Crippen LogP contribution in [0.15, 0.2) is 48.5 Å². The topological polar surface area (TPSA) is 95.5 Å². The molecule has 0 unspecified atom stereocenters. The van der Waals surface area contributed by atoms with E-state index in [4.69, 9.17) is 5.11 Å². The van der Waals surface area contributed by atoms with E-state index in [0.29, 0.717) is 11.1 Å². The van der Waals surface area contributed by atoms with Gasteiger partial charge in [0.15, 0.2) is 0 Å². The van der Waals surface area contributed by atoms with Gasteiger partial charge in [-0.3, -0.25) is 14.4 Å². The molecule has 0 radical (unpaired) electrons. The Morgan fingerprint density at radius 3 is 1.92 bits per heavy atom. The van der Waals surface area contributed by atoms with E-state index >= 15 is 0 Å². The number of carbonyl (C=O) groups is 3. The van der Waals surface area contributed by atoms with Gasteiger partial charge < -0.3 is 15.7 Å². The van der Waals surface area contributed by atoms with Crippen molar-refractivity contribution in [3.63, 3.8) is 0 Å². The van der Waals surface area contributed by atoms with Crippen molar-refractivity contribution in [1.82, 2.24) is 10.6 Å². The number of carbonyl (C=O) groups excluding carboxylic acids is 2. The predicted octanol–water partition coefficient (Wildman–Crippen LogP) is 1.96. The van der Waals surface area contributed by atoms with Gasteiger partial charge in [0.25, 0.3) is 11.8 Å². The summed E-state index contributed by atoms with van der Waals surface area (Å²) < 4.78 is 12.8. The molecule has 2 aromatic carbocycles. The summed E-state index contributed by atoms with van der Waals surface area (Å²) in [6.45, 7) is 0.320. The lowest BCUT2D eigenvalue weighted by molar-refractivity contribution is -0.136. The number of aliphatic carboxylic acids is 1. The average Bonchev–Trinajstić information content (AvgIpc) is 2.60. The largest absolute Gasteiger partial charge is 0.481 e. The van der Waals surface area contributed by atoms with Crippen LogP contribution in [0, 0.1) is 5.82 Å². The summed E-state index contributed by atoms with van der Waals surface area (Å²) in [4.78, 5) is 34.1. The molecule has 0 aliphatic carbocycles. The van der Waals surface area contributed by atoms with Crippen molar-refractivity contribution in [3.8, 4) is 0 Å². The van der Waals surface area contributed by atoms with Gasteiger partial charge in [0, 0.05) is 24.2 Å². The maximum atomic E-state index is 12.8. The molecule has 0 heterocycles. The molecule has 2 amide bonds. The highest BCUT2D eigenvalue weighted by molar-refractivity contribution is 5.95. The fourth-order valence-electron chi connectivity index (χ4n) is 2.04. The fourth-order valence-corrected chi connectivity index (χ4v) is 2.04. The molecule has 0 saturated heterocycles. The summed E-state index contributed by atoms with van der Waals surface area (Å²) >= 11 is 0. The molecule has 0 spiro atoms. The zero-order valence-corrected chi connectivity index (χ0v) is 13.3. The van der Waals surface area contributed by atoms with E-state index in [1.807, 2.05) is 0 Å². The predicted molar refractivity (Wildman–Crippen MR) is 88.6 cm³/mol. The van der Waals surface area contributed by atoms with E-state index in [0.717, 1.165) is 5.56 Å². The average molecular weight is 344 g/mol. The van der Waals surface area contributed by atoms with Crippen LogP contribution in [0.25, 0.3) is 0 Å². The number of hydrogen-bond donors (Lipinski definition) is 3. The van der Waals surface area contributed by atoms with Crippen molar-refractivity contribution in [2.24, 2.45) is 0 Å². The zero-order valence-electron chi connectivity index (χ0n) is 13.3. The summed E-state index contributed by atoms with van der Waals surface area (Å²) in [6.07, 6.45) is -0.140. The lowest BCUT2D eigenvalue weighted by atomic mass is 10.1. The third-order valence-electron chi connectivity index (χ3n) is 3.40. The van der Waals surface area contributed by atoms with Crippen LogP contribution in [0.4, 0.5) is 4.39 Å². The first-order valence-corrected chi connectivity index (χ1v) is 7.58. The molecular formula is C18H17FN2O4. The molecule has 0 aliphatic heterocycles. The summed E-state index contributed by atoms with van der Waals surface area (Å²) in [5.74, 6) is -2.07. The van der Waals surface area contributed by atoms with Crippen LogP contribution in [0.1, 0.15) is 32.7 Å². The molecule has 25 heavy (non-hydrogen) atoms. The van der Waals surface area contributed by atoms with Crippen molar-refractivity contribution in [2.75, 3.05) is 6.54 Å². The Morgan fingerprint density at radius 1 is 0.840 bits per heavy atom. The van der Waals surface area contributed by atoms with Crippen molar-refractivity contribution < 1.29 is 23.9 Å². The number of carboxylic acid groups (broad SMARTS) is 1. The minimum atomic E-state index is -0.979. The Morgan fingerprint density at radius 2 is 1.36 bits per heavy atom. The minimum absolute atomic E-state index is 0.0592. The number of nitrogens with one attached hydrogen (secondary N) is 2. The van der Waals surface area contributed by atoms with Gasteiger partial charge in [-0.15, -0.1) is 0 Å². The lowest BCUT2D eigenvalue weighted by Gasteiger charge is -2.07. The molecule has 6 nitrogen and oxygen atoms in total. The van der Waals surface area contributed by atoms with E-state index in [9.17, 15) is 18.8 Å². The first-order chi connectivity index (χ1) is 12.0. The Labute approximate surface area is 143 Å². The monoisotopic (exact) mass is 344 g/mol. The summed E-state index contributed by atoms with van der Waals surface area (Å²) in [6, 6.07) is 11.8. The SMILES string of the molecule is O=C(O)CCNC(=O)c1ccc(CNC(=O)c2ccc(F)cc2)cc1. The van der Waals surface area contributed by atoms with Crippen molar-refractivity contribution in [3.05, 3.63) is 71.0 Å². The van der Waals surface area contributed by atoms with Crippen LogP contribution in [0.2, 0.25) is 0 Å². The van der Waals surface area contributed by atoms with E-state index in [1.165, 1.54) is 24.3 Å². The Kier molecular flexibility index (Phi) is 6.22. The summed E-state index contributed by atoms with van der Waals surface area (Å²) in [5, 5.41) is 13.7. The van der Waals surface area contributed by atoms with Crippen LogP contribution < -0.4 is 10.6 Å². The number of rotatable bonds is 7. The molecule has 3 N–H and O–H groups in total. The highest BCUT2D eigenvalue weighted by Crippen LogP contribution is 2.06. The third-order valence-corrected chi connectivity index (χ3v) is 3.40. The quantitative estimate of drug-likeness (QED) is 0.715. The first-order valence-electron chi connectivity index (χ1n) is 7.58. The maximum Gasteiger partial charge on any atom is 0.305 e. The van der Waals surface area contributed by atoms with Crippen molar-refractivity contribution in [1.29, 1.82) is 0 Å². The van der Waals surface area contributed by atoms with Crippen LogP contribution in [0.3, 0.4) is 0 Å². The van der Waals surface area contributed by atoms with Gasteiger partial charge in [0.1, 0.15) is 5.82 Å². The highest BCUT2D eigenvalue weighted by Gasteiger charge is 2.08. The van der Waals surface area contributed by atoms with Crippen LogP contribution in [0.5, 0.6) is 0 Å². The molecule has 7 heteroatoms. The van der Waals surface area contributed by atoms with Crippen LogP contribution in [-0.4, -0.2) is 29.4 Å². The number of amides is 2. The van der Waals surface area contributed by atoms with Crippen LogP contribution >= 0.6 is 0 Å². The third kappa shape index (κ3) is 5.72. The van der Waals surface area contributed by atoms with E-state index < -0.39 is 11.8 Å². The molecular weight excluding hydrogens is 327 g/mol. The summed E-state index contributed by atoms with van der Waals surface area (Å²) in [5.41, 5.74) is 1.55. The van der Waals surface area contributed by atoms with Gasteiger partial charge in [-0.25, -0.2) is 4.39 Å². The Hall–Kier alpha value is -3.22. The van der Waals surface area contributed by atoms with E-state index in [-0.39, 0.29) is 31.3 Å². The standard InChI is InChI=1S/C18H17FN2O4/c19-15-7-5-14(6-8-15)18(25)21-11-12-1-3-13(4-2-12)17(24)20-10-9-16(22)23/h1-8H,9-11H2,(H,20,24)(H,21,25)(H,22,23). The zero-order chi connectivity index (χ0) is 18.2. The second kappa shape index (κ2) is 8.58. The Balaban J connectivity index is 1.85. The van der Waals surface area contributed by atoms with Crippen LogP contribution in [-0.2, 0) is 11.3 Å². The van der Waals surface area contributed by atoms with Gasteiger partial charge in [-0.05, 0) is 42.0 Å². The maximum absolute atomic E-state index is 12.8. The second-order valence-corrected chi connectivity index (χ2v) is 5.29. The van der Waals surface area contributed by atoms with E-state index in [2.05, 4.69) is 10.6 Å². The first kappa shape index (κ1) is 18.1. The van der Waals surface area contributed by atoms with Gasteiger partial charge in [0.2, 0.25) is 0 Å². The molecule has 0 fully saturated rings. The number of carboxylic acids is 1. The molecule has 0 aliphatic rings. The molecule has 0 aromatic heterocycles. The Bertz CT molecular complexity index is 758. The molecule has 0 bridgehead atoms. The van der Waals surface area contributed by atoms with Gasteiger partial charge in [-0.1, -0.05) is 12.1 Å². The van der Waals surface area contributed by atoms with Gasteiger partial charge in [0.05, 0.1) is 6.42 Å². The molecule has 2 rings (SSSR count). The smallest absolute Gasteiger partial charge is 0.305 e. The number of benzene rings is 2. The molecule has 0 saturated carbocycles. The van der Waals surface area contributed by atoms with Crippen molar-refractivity contribution in [2.45, 2.75) is 13.0 Å². The summed E-state index contributed by atoms with van der Waals surface area (Å²) in [7, 11) is 0. The number of halogens is 1. The molecule has 130 valence electrons. The number of hydrogen-bond acceptors (Lipinski definition) is 3.